The van der Waals surface area contributed by atoms with Crippen molar-refractivity contribution in [3.63, 3.8) is 0 Å². The van der Waals surface area contributed by atoms with Gasteiger partial charge >= 0.3 is 0 Å². The number of carbonyl (C=O) groups excluding carboxylic acids is 3. The molecule has 6 atom stereocenters. The Balaban J connectivity index is 1.78. The van der Waals surface area contributed by atoms with Gasteiger partial charge in [-0.25, -0.2) is 0 Å². The summed E-state index contributed by atoms with van der Waals surface area (Å²) < 4.78 is -0.698. The summed E-state index contributed by atoms with van der Waals surface area (Å²) in [4.78, 5) is 48.1. The number of likely N-dealkylation sites (tertiary alicyclic amines) is 1. The third kappa shape index (κ3) is 5.16. The molecule has 3 amide bonds. The summed E-state index contributed by atoms with van der Waals surface area (Å²) in [5.41, 5.74) is 0.685. The molecule has 0 saturated carbocycles. The van der Waals surface area contributed by atoms with Gasteiger partial charge in [-0.05, 0) is 55.9 Å². The Labute approximate surface area is 241 Å². The smallest absolute Gasteiger partial charge is 0.251 e. The van der Waals surface area contributed by atoms with Crippen LogP contribution in [0.4, 0.5) is 5.69 Å². The summed E-state index contributed by atoms with van der Waals surface area (Å²) in [5.74, 6) is -1.24. The van der Waals surface area contributed by atoms with Crippen molar-refractivity contribution in [2.75, 3.05) is 37.7 Å². The molecule has 3 fully saturated rings. The molecule has 1 aromatic rings. The maximum absolute atomic E-state index is 14.6. The van der Waals surface area contributed by atoms with Crippen LogP contribution in [0.1, 0.15) is 39.5 Å². The van der Waals surface area contributed by atoms with Crippen molar-refractivity contribution in [3.05, 3.63) is 54.6 Å². The number of amides is 3. The van der Waals surface area contributed by atoms with E-state index in [-0.39, 0.29) is 42.0 Å². The van der Waals surface area contributed by atoms with Crippen LogP contribution in [-0.4, -0.2) is 81.5 Å². The molecule has 3 unspecified atom stereocenters. The molecule has 0 aromatic heterocycles. The van der Waals surface area contributed by atoms with Crippen LogP contribution in [0, 0.1) is 17.8 Å². The Bertz CT molecular complexity index is 1100. The fourth-order valence-electron chi connectivity index (χ4n) is 6.86. The topological polar surface area (TPSA) is 81.2 Å². The monoisotopic (exact) mass is 573 g/mol. The first-order chi connectivity index (χ1) is 18.8. The highest BCUT2D eigenvalue weighted by atomic mass is 35.5. The zero-order valence-corrected chi connectivity index (χ0v) is 24.5. The van der Waals surface area contributed by atoms with Crippen LogP contribution in [0.2, 0.25) is 5.02 Å². The number of fused-ring (bicyclic) bond motifs is 1. The van der Waals surface area contributed by atoms with E-state index in [1.807, 2.05) is 11.8 Å². The van der Waals surface area contributed by atoms with Gasteiger partial charge < -0.3 is 19.8 Å². The van der Waals surface area contributed by atoms with E-state index in [4.69, 9.17) is 11.6 Å². The first-order valence-electron chi connectivity index (χ1n) is 13.9. The van der Waals surface area contributed by atoms with Crippen LogP contribution >= 0.6 is 23.4 Å². The first-order valence-corrected chi connectivity index (χ1v) is 15.2. The predicted molar refractivity (Wildman–Crippen MR) is 158 cm³/mol. The lowest BCUT2D eigenvalue weighted by atomic mass is 9.65. The average molecular weight is 574 g/mol. The van der Waals surface area contributed by atoms with Gasteiger partial charge in [0.15, 0.2) is 0 Å². The molecular formula is C30H40ClN3O4S. The number of halogens is 1. The minimum absolute atomic E-state index is 0.00886. The minimum atomic E-state index is -0.717. The number of unbranched alkanes of at least 4 members (excludes halogenated alkanes) is 1. The second-order valence-corrected chi connectivity index (χ2v) is 12.8. The molecule has 4 rings (SSSR count). The van der Waals surface area contributed by atoms with E-state index in [2.05, 4.69) is 20.1 Å². The lowest BCUT2D eigenvalue weighted by Crippen LogP contribution is -2.57. The fourth-order valence-corrected chi connectivity index (χ4v) is 9.40. The second-order valence-electron chi connectivity index (χ2n) is 10.8. The molecule has 3 heterocycles. The molecule has 7 nitrogen and oxygen atoms in total. The van der Waals surface area contributed by atoms with Crippen LogP contribution in [0.3, 0.4) is 0 Å². The van der Waals surface area contributed by atoms with E-state index in [0.29, 0.717) is 43.2 Å². The molecule has 1 N–H and O–H groups in total. The lowest BCUT2D eigenvalue weighted by Gasteiger charge is -2.41. The van der Waals surface area contributed by atoms with Crippen LogP contribution < -0.4 is 4.90 Å². The van der Waals surface area contributed by atoms with Crippen LogP contribution in [0.5, 0.6) is 0 Å². The van der Waals surface area contributed by atoms with E-state index < -0.39 is 22.6 Å². The normalized spacial score (nSPS) is 28.9. The Kier molecular flexibility index (Phi) is 9.50. The predicted octanol–water partition coefficient (Wildman–Crippen LogP) is 4.39. The summed E-state index contributed by atoms with van der Waals surface area (Å²) >= 11 is 7.81. The van der Waals surface area contributed by atoms with Gasteiger partial charge in [0.25, 0.3) is 5.91 Å². The number of thioether (sulfide) groups is 1. The van der Waals surface area contributed by atoms with Crippen molar-refractivity contribution in [2.24, 2.45) is 17.8 Å². The van der Waals surface area contributed by atoms with Gasteiger partial charge in [0.2, 0.25) is 11.8 Å². The van der Waals surface area contributed by atoms with Crippen molar-refractivity contribution < 1.29 is 19.5 Å². The van der Waals surface area contributed by atoms with Crippen molar-refractivity contribution >= 4 is 46.8 Å². The third-order valence-corrected chi connectivity index (χ3v) is 10.8. The number of hydrogen-bond acceptors (Lipinski definition) is 5. The van der Waals surface area contributed by atoms with E-state index in [9.17, 15) is 19.5 Å². The van der Waals surface area contributed by atoms with Crippen LogP contribution in [-0.2, 0) is 14.4 Å². The Morgan fingerprint density at radius 3 is 2.49 bits per heavy atom. The lowest BCUT2D eigenvalue weighted by molar-refractivity contribution is -0.144. The zero-order chi connectivity index (χ0) is 28.3. The van der Waals surface area contributed by atoms with E-state index in [1.54, 1.807) is 58.0 Å². The van der Waals surface area contributed by atoms with Gasteiger partial charge in [-0.1, -0.05) is 37.6 Å². The van der Waals surface area contributed by atoms with Gasteiger partial charge in [-0.2, -0.15) is 0 Å². The van der Waals surface area contributed by atoms with Gasteiger partial charge in [0.05, 0.1) is 16.6 Å². The molecule has 2 bridgehead atoms. The quantitative estimate of drug-likeness (QED) is 0.280. The highest BCUT2D eigenvalue weighted by Gasteiger charge is 2.76. The fraction of sp³-hybridized carbons (Fsp3) is 0.567. The number of anilines is 1. The Morgan fingerprint density at radius 1 is 1.18 bits per heavy atom. The molecule has 0 aliphatic carbocycles. The highest BCUT2D eigenvalue weighted by Crippen LogP contribution is 2.69. The Morgan fingerprint density at radius 2 is 1.87 bits per heavy atom. The number of aliphatic hydroxyl groups is 1. The van der Waals surface area contributed by atoms with Crippen LogP contribution in [0.25, 0.3) is 0 Å². The molecule has 39 heavy (non-hydrogen) atoms. The molecular weight excluding hydrogens is 534 g/mol. The number of hydrogen-bond donors (Lipinski definition) is 1. The summed E-state index contributed by atoms with van der Waals surface area (Å²) in [6.07, 6.45) is 6.13. The summed E-state index contributed by atoms with van der Waals surface area (Å²) in [6.45, 7) is 13.6. The van der Waals surface area contributed by atoms with E-state index >= 15 is 0 Å². The van der Waals surface area contributed by atoms with Gasteiger partial charge in [0.1, 0.15) is 6.04 Å². The summed E-state index contributed by atoms with van der Waals surface area (Å²) in [5, 5.41) is 9.99. The SMILES string of the molecule is C=CCN(CCC)C(=O)[C@@H]1[C@H]2C(=O)N(CCCCO)C(C(=O)N(CC=C)c3ccc(Cl)cc3)C23S[C@@H]1CC3C. The van der Waals surface area contributed by atoms with Crippen molar-refractivity contribution in [2.45, 2.75) is 55.6 Å². The van der Waals surface area contributed by atoms with Gasteiger partial charge in [-0.15, -0.1) is 24.9 Å². The first kappa shape index (κ1) is 29.7. The average Bonchev–Trinajstić information content (AvgIpc) is 3.51. The van der Waals surface area contributed by atoms with Crippen molar-refractivity contribution in [1.29, 1.82) is 0 Å². The molecule has 0 radical (unpaired) electrons. The Hall–Kier alpha value is -2.29. The summed E-state index contributed by atoms with van der Waals surface area (Å²) in [7, 11) is 0. The standard InChI is InChI=1S/C30H40ClN3O4S/c1-5-14-32(15-6-2)27(36)24-23-19-20(4)30(39-23)25(24)28(37)34(17-8-9-18-35)26(30)29(38)33(16-7-3)22-12-10-21(31)11-13-22/h5,7,10-13,20,23-26,35H,1,3,6,8-9,14-19H2,2,4H3/t20?,23-,24+,25+,26?,30?/m1/s1. The number of carbonyl (C=O) groups is 3. The molecule has 1 aromatic carbocycles. The number of nitrogens with zero attached hydrogens (tertiary/aromatic N) is 3. The molecule has 3 aliphatic rings. The number of aliphatic hydroxyl groups excluding tert-OH is 1. The number of rotatable bonds is 13. The molecule has 3 saturated heterocycles. The summed E-state index contributed by atoms with van der Waals surface area (Å²) in [6, 6.07) is 6.38. The van der Waals surface area contributed by atoms with Gasteiger partial charge in [-0.3, -0.25) is 14.4 Å². The van der Waals surface area contributed by atoms with Crippen LogP contribution in [0.15, 0.2) is 49.6 Å². The molecule has 3 aliphatic heterocycles. The number of benzene rings is 1. The maximum Gasteiger partial charge on any atom is 0.251 e. The van der Waals surface area contributed by atoms with Gasteiger partial charge in [0, 0.05) is 48.7 Å². The largest absolute Gasteiger partial charge is 0.396 e. The van der Waals surface area contributed by atoms with E-state index in [0.717, 1.165) is 12.8 Å². The molecule has 1 spiro atoms. The van der Waals surface area contributed by atoms with Crippen molar-refractivity contribution in [3.8, 4) is 0 Å². The second kappa shape index (κ2) is 12.5. The van der Waals surface area contributed by atoms with E-state index in [1.165, 1.54) is 0 Å². The zero-order valence-electron chi connectivity index (χ0n) is 22.9. The molecule has 9 heteroatoms. The minimum Gasteiger partial charge on any atom is -0.396 e. The van der Waals surface area contributed by atoms with Crippen molar-refractivity contribution in [1.82, 2.24) is 9.80 Å². The highest BCUT2D eigenvalue weighted by molar-refractivity contribution is 8.02. The maximum atomic E-state index is 14.6. The third-order valence-electron chi connectivity index (χ3n) is 8.44. The molecule has 212 valence electrons.